The molecule has 1 atom stereocenters. The molecular formula is C17H24N2O3S. The third kappa shape index (κ3) is 6.62. The van der Waals surface area contributed by atoms with E-state index in [1.807, 2.05) is 24.3 Å². The molecule has 0 bridgehead atoms. The Labute approximate surface area is 141 Å². The van der Waals surface area contributed by atoms with Crippen LogP contribution in [0, 0.1) is 5.92 Å². The third-order valence-electron chi connectivity index (χ3n) is 3.87. The van der Waals surface area contributed by atoms with Crippen LogP contribution in [0.3, 0.4) is 0 Å². The first-order chi connectivity index (χ1) is 11.2. The predicted molar refractivity (Wildman–Crippen MR) is 93.5 cm³/mol. The second-order valence-corrected chi connectivity index (χ2v) is 6.70. The number of esters is 1. The number of carbonyl (C=O) groups is 2. The van der Waals surface area contributed by atoms with E-state index < -0.39 is 0 Å². The SMILES string of the molecule is COC(=O)CSCc1cccc(NC(=O)CCC2CCNC2)c1. The third-order valence-corrected chi connectivity index (χ3v) is 4.85. The number of thioether (sulfide) groups is 1. The highest BCUT2D eigenvalue weighted by Crippen LogP contribution is 2.18. The second-order valence-electron chi connectivity index (χ2n) is 5.71. The molecule has 0 spiro atoms. The largest absolute Gasteiger partial charge is 0.468 e. The Morgan fingerprint density at radius 2 is 2.30 bits per heavy atom. The smallest absolute Gasteiger partial charge is 0.315 e. The van der Waals surface area contributed by atoms with Crippen molar-refractivity contribution in [1.29, 1.82) is 0 Å². The normalized spacial score (nSPS) is 17.0. The highest BCUT2D eigenvalue weighted by Gasteiger charge is 2.15. The lowest BCUT2D eigenvalue weighted by atomic mass is 10.0. The standard InChI is InChI=1S/C17H24N2O3S/c1-22-17(21)12-23-11-14-3-2-4-15(9-14)19-16(20)6-5-13-7-8-18-10-13/h2-4,9,13,18H,5-8,10-12H2,1H3,(H,19,20). The molecule has 0 aromatic heterocycles. The molecule has 1 heterocycles. The molecule has 5 nitrogen and oxygen atoms in total. The van der Waals surface area contributed by atoms with E-state index in [4.69, 9.17) is 0 Å². The van der Waals surface area contributed by atoms with Crippen molar-refractivity contribution >= 4 is 29.3 Å². The molecule has 1 aliphatic rings. The Balaban J connectivity index is 1.74. The number of nitrogens with one attached hydrogen (secondary N) is 2. The molecule has 1 saturated heterocycles. The summed E-state index contributed by atoms with van der Waals surface area (Å²) in [6.45, 7) is 2.09. The number of hydrogen-bond acceptors (Lipinski definition) is 5. The molecule has 6 heteroatoms. The van der Waals surface area contributed by atoms with E-state index >= 15 is 0 Å². The zero-order valence-corrected chi connectivity index (χ0v) is 14.3. The van der Waals surface area contributed by atoms with Gasteiger partial charge in [-0.3, -0.25) is 9.59 Å². The Kier molecular flexibility index (Phi) is 7.42. The van der Waals surface area contributed by atoms with E-state index in [0.29, 0.717) is 23.8 Å². The maximum atomic E-state index is 12.0. The van der Waals surface area contributed by atoms with Gasteiger partial charge in [0.05, 0.1) is 12.9 Å². The first-order valence-corrected chi connectivity index (χ1v) is 9.07. The zero-order valence-electron chi connectivity index (χ0n) is 13.5. The van der Waals surface area contributed by atoms with Crippen molar-refractivity contribution in [1.82, 2.24) is 5.32 Å². The van der Waals surface area contributed by atoms with Crippen molar-refractivity contribution < 1.29 is 14.3 Å². The summed E-state index contributed by atoms with van der Waals surface area (Å²) in [5.41, 5.74) is 1.90. The maximum Gasteiger partial charge on any atom is 0.315 e. The molecule has 1 aromatic rings. The molecule has 126 valence electrons. The fraction of sp³-hybridized carbons (Fsp3) is 0.529. The molecule has 1 aromatic carbocycles. The molecule has 23 heavy (non-hydrogen) atoms. The van der Waals surface area contributed by atoms with E-state index in [1.165, 1.54) is 25.3 Å². The molecule has 2 rings (SSSR count). The lowest BCUT2D eigenvalue weighted by Crippen LogP contribution is -2.15. The van der Waals surface area contributed by atoms with Crippen molar-refractivity contribution in [3.8, 4) is 0 Å². The molecule has 1 fully saturated rings. The van der Waals surface area contributed by atoms with Crippen LogP contribution < -0.4 is 10.6 Å². The highest BCUT2D eigenvalue weighted by molar-refractivity contribution is 7.99. The summed E-state index contributed by atoms with van der Waals surface area (Å²) < 4.78 is 4.61. The summed E-state index contributed by atoms with van der Waals surface area (Å²) in [5.74, 6) is 1.52. The van der Waals surface area contributed by atoms with Gasteiger partial charge in [0.25, 0.3) is 0 Å². The van der Waals surface area contributed by atoms with Crippen molar-refractivity contribution in [3.63, 3.8) is 0 Å². The van der Waals surface area contributed by atoms with E-state index in [1.54, 1.807) is 0 Å². The van der Waals surface area contributed by atoms with Crippen LogP contribution in [-0.4, -0.2) is 37.8 Å². The van der Waals surface area contributed by atoms with Crippen molar-refractivity contribution in [2.45, 2.75) is 25.0 Å². The minimum Gasteiger partial charge on any atom is -0.468 e. The van der Waals surface area contributed by atoms with E-state index in [2.05, 4.69) is 15.4 Å². The van der Waals surface area contributed by atoms with E-state index in [9.17, 15) is 9.59 Å². The number of rotatable bonds is 8. The van der Waals surface area contributed by atoms with Crippen LogP contribution >= 0.6 is 11.8 Å². The first kappa shape index (κ1) is 17.8. The average molecular weight is 336 g/mol. The van der Waals surface area contributed by atoms with Gasteiger partial charge in [-0.25, -0.2) is 0 Å². The Bertz CT molecular complexity index is 530. The average Bonchev–Trinajstić information content (AvgIpc) is 3.06. The zero-order chi connectivity index (χ0) is 16.5. The molecule has 1 unspecified atom stereocenters. The molecule has 0 saturated carbocycles. The van der Waals surface area contributed by atoms with Gasteiger partial charge >= 0.3 is 5.97 Å². The van der Waals surface area contributed by atoms with E-state index in [0.717, 1.165) is 30.8 Å². The van der Waals surface area contributed by atoms with Crippen LogP contribution in [0.4, 0.5) is 5.69 Å². The summed E-state index contributed by atoms with van der Waals surface area (Å²) in [7, 11) is 1.39. The quantitative estimate of drug-likeness (QED) is 0.714. The van der Waals surface area contributed by atoms with Gasteiger partial charge in [0.1, 0.15) is 0 Å². The first-order valence-electron chi connectivity index (χ1n) is 7.91. The van der Waals surface area contributed by atoms with Crippen LogP contribution in [0.2, 0.25) is 0 Å². The Morgan fingerprint density at radius 1 is 1.43 bits per heavy atom. The Morgan fingerprint density at radius 3 is 3.04 bits per heavy atom. The van der Waals surface area contributed by atoms with Crippen LogP contribution in [0.5, 0.6) is 0 Å². The van der Waals surface area contributed by atoms with Gasteiger partial charge in [-0.05, 0) is 49.5 Å². The van der Waals surface area contributed by atoms with Gasteiger partial charge in [-0.1, -0.05) is 12.1 Å². The lowest BCUT2D eigenvalue weighted by molar-refractivity contribution is -0.137. The Hall–Kier alpha value is -1.53. The number of benzene rings is 1. The van der Waals surface area contributed by atoms with Gasteiger partial charge in [0.2, 0.25) is 5.91 Å². The number of anilines is 1. The number of methoxy groups -OCH3 is 1. The van der Waals surface area contributed by atoms with Crippen LogP contribution in [0.1, 0.15) is 24.8 Å². The predicted octanol–water partition coefficient (Wildman–Crippen LogP) is 2.42. The summed E-state index contributed by atoms with van der Waals surface area (Å²) in [6, 6.07) is 7.76. The van der Waals surface area contributed by atoms with Crippen molar-refractivity contribution in [2.75, 3.05) is 31.3 Å². The van der Waals surface area contributed by atoms with Crippen LogP contribution in [0.25, 0.3) is 0 Å². The fourth-order valence-corrected chi connectivity index (χ4v) is 3.37. The van der Waals surface area contributed by atoms with Gasteiger partial charge in [-0.15, -0.1) is 11.8 Å². The van der Waals surface area contributed by atoms with Gasteiger partial charge in [-0.2, -0.15) is 0 Å². The van der Waals surface area contributed by atoms with Gasteiger partial charge in [0, 0.05) is 17.9 Å². The molecular weight excluding hydrogens is 312 g/mol. The van der Waals surface area contributed by atoms with Crippen molar-refractivity contribution in [3.05, 3.63) is 29.8 Å². The topological polar surface area (TPSA) is 67.4 Å². The monoisotopic (exact) mass is 336 g/mol. The molecule has 1 aliphatic heterocycles. The number of hydrogen-bond donors (Lipinski definition) is 2. The highest BCUT2D eigenvalue weighted by atomic mass is 32.2. The molecule has 0 radical (unpaired) electrons. The summed E-state index contributed by atoms with van der Waals surface area (Å²) in [5, 5.41) is 6.27. The fourth-order valence-electron chi connectivity index (χ4n) is 2.57. The molecule has 2 N–H and O–H groups in total. The number of ether oxygens (including phenoxy) is 1. The second kappa shape index (κ2) is 9.57. The minimum atomic E-state index is -0.221. The minimum absolute atomic E-state index is 0.0660. The van der Waals surface area contributed by atoms with Crippen LogP contribution in [0.15, 0.2) is 24.3 Å². The molecule has 1 amide bonds. The van der Waals surface area contributed by atoms with E-state index in [-0.39, 0.29) is 11.9 Å². The lowest BCUT2D eigenvalue weighted by Gasteiger charge is -2.10. The summed E-state index contributed by atoms with van der Waals surface area (Å²) in [4.78, 5) is 23.1. The van der Waals surface area contributed by atoms with Gasteiger partial charge < -0.3 is 15.4 Å². The van der Waals surface area contributed by atoms with Crippen molar-refractivity contribution in [2.24, 2.45) is 5.92 Å². The summed E-state index contributed by atoms with van der Waals surface area (Å²) >= 11 is 1.50. The van der Waals surface area contributed by atoms with Crippen LogP contribution in [-0.2, 0) is 20.1 Å². The number of carbonyl (C=O) groups excluding carboxylic acids is 2. The molecule has 0 aliphatic carbocycles. The van der Waals surface area contributed by atoms with Gasteiger partial charge in [0.15, 0.2) is 0 Å². The number of amides is 1. The summed E-state index contributed by atoms with van der Waals surface area (Å²) in [6.07, 6.45) is 2.67. The maximum absolute atomic E-state index is 12.0.